The molecule has 0 radical (unpaired) electrons. The molecular weight excluding hydrogens is 726 g/mol. The molecule has 0 aromatic carbocycles. The summed E-state index contributed by atoms with van der Waals surface area (Å²) in [6, 6.07) is 0. The van der Waals surface area contributed by atoms with Crippen molar-refractivity contribution >= 4 is 36.1 Å². The van der Waals surface area contributed by atoms with Gasteiger partial charge in [-0.3, -0.25) is 0 Å². The van der Waals surface area contributed by atoms with Gasteiger partial charge in [-0.1, -0.05) is 0 Å². The van der Waals surface area contributed by atoms with Crippen LogP contribution < -0.4 is 0 Å². The van der Waals surface area contributed by atoms with Gasteiger partial charge >= 0.3 is 292 Å². The van der Waals surface area contributed by atoms with Crippen LogP contribution in [0, 0.1) is 0 Å². The van der Waals surface area contributed by atoms with Crippen LogP contribution in [0.4, 0.5) is 0 Å². The van der Waals surface area contributed by atoms with Crippen molar-refractivity contribution in [1.29, 1.82) is 0 Å². The van der Waals surface area contributed by atoms with Crippen molar-refractivity contribution < 1.29 is 19.5 Å². The minimum absolute atomic E-state index is 0. The fraction of sp³-hybridized carbons (Fsp3) is 0.951. The van der Waals surface area contributed by atoms with Crippen molar-refractivity contribution in [3.63, 3.8) is 0 Å². The van der Waals surface area contributed by atoms with Crippen molar-refractivity contribution in [2.45, 2.75) is 245 Å². The summed E-state index contributed by atoms with van der Waals surface area (Å²) < 4.78 is -0.144. The van der Waals surface area contributed by atoms with Gasteiger partial charge in [0.15, 0.2) is 0 Å². The van der Waals surface area contributed by atoms with Crippen LogP contribution in [-0.2, 0) is 19.5 Å². The molecule has 6 aliphatic carbocycles. The number of halogens is 2. The minimum atomic E-state index is -3.14. The van der Waals surface area contributed by atoms with E-state index in [0.29, 0.717) is 16.7 Å². The molecular formula is C41H73Cl2P2Ru+. The number of allylic oxidation sites excluding steroid dienone is 2. The van der Waals surface area contributed by atoms with E-state index < -0.39 is 13.2 Å². The number of rotatable bonds is 9. The number of alkyl halides is 1. The van der Waals surface area contributed by atoms with Gasteiger partial charge in [0.05, 0.1) is 0 Å². The van der Waals surface area contributed by atoms with E-state index in [1.165, 1.54) is 193 Å². The molecule has 0 spiro atoms. The van der Waals surface area contributed by atoms with Crippen LogP contribution in [0.25, 0.3) is 0 Å². The molecule has 0 amide bonds. The molecule has 5 heteroatoms. The Balaban J connectivity index is 0.00000417. The van der Waals surface area contributed by atoms with E-state index in [4.69, 9.17) is 11.6 Å². The van der Waals surface area contributed by atoms with Crippen LogP contribution in [0.3, 0.4) is 0 Å². The fourth-order valence-electron chi connectivity index (χ4n) is 13.5. The molecule has 6 rings (SSSR count). The Morgan fingerprint density at radius 1 is 0.543 bits per heavy atom. The smallest absolute Gasteiger partial charge is 0 e. The Morgan fingerprint density at radius 3 is 1.17 bits per heavy atom. The molecule has 0 aromatic heterocycles. The normalized spacial score (nSPS) is 28.8. The van der Waals surface area contributed by atoms with Crippen LogP contribution in [-0.4, -0.2) is 38.3 Å². The van der Waals surface area contributed by atoms with Crippen molar-refractivity contribution in [2.24, 2.45) is 0 Å². The molecule has 0 heterocycles. The summed E-state index contributed by atoms with van der Waals surface area (Å²) in [5.41, 5.74) is 5.92. The average molecular weight is 800 g/mol. The molecule has 1 atom stereocenters. The Kier molecular flexibility index (Phi) is 14.5. The van der Waals surface area contributed by atoms with Crippen LogP contribution in [0.5, 0.6) is 0 Å². The Hall–Kier alpha value is 1.80. The first-order chi connectivity index (χ1) is 21.9. The largest absolute Gasteiger partial charge is 0 e. The summed E-state index contributed by atoms with van der Waals surface area (Å²) in [6.45, 7) is 4.98. The second-order valence-corrected chi connectivity index (χ2v) is 31.2. The van der Waals surface area contributed by atoms with Crippen molar-refractivity contribution in [1.82, 2.24) is 0 Å². The summed E-state index contributed by atoms with van der Waals surface area (Å²) in [4.78, 5) is 0. The Morgan fingerprint density at radius 2 is 0.848 bits per heavy atom. The first-order valence-corrected chi connectivity index (χ1v) is 26.6. The average Bonchev–Trinajstić information content (AvgIpc) is 3.10. The summed E-state index contributed by atoms with van der Waals surface area (Å²) in [5, 5.41) is 0.645. The summed E-state index contributed by atoms with van der Waals surface area (Å²) in [5.74, 6) is -3.14. The summed E-state index contributed by atoms with van der Waals surface area (Å²) in [6.07, 6.45) is 46.2. The fourth-order valence-corrected chi connectivity index (χ4v) is 40.4. The van der Waals surface area contributed by atoms with E-state index in [2.05, 4.69) is 19.9 Å². The van der Waals surface area contributed by atoms with Gasteiger partial charge in [-0.15, -0.1) is 0 Å². The first-order valence-electron chi connectivity index (χ1n) is 20.8. The molecule has 268 valence electrons. The molecule has 0 bridgehead atoms. The zero-order valence-electron chi connectivity index (χ0n) is 30.3. The second-order valence-electron chi connectivity index (χ2n) is 17.7. The van der Waals surface area contributed by atoms with Gasteiger partial charge in [0, 0.05) is 19.5 Å². The Bertz CT molecular complexity index is 893. The van der Waals surface area contributed by atoms with Gasteiger partial charge in [0.1, 0.15) is 0 Å². The molecule has 0 aliphatic heterocycles. The number of hydrogen-bond acceptors (Lipinski definition) is 0. The standard InChI is InChI=1S/C41H73Cl2P2.Ru/c1-34(2)33-40(44(35-21-9-3-10-22-35,36-23-11-4-12-24-36)37-25-13-5-14-26-37)45(43,38-27-15-6-16-28-38,39-29-17-7-18-30-39)41(42)31-19-8-20-32-41;/h33,35-40H,3-32H2,1-2H3;/q+1;. The molecule has 1 unspecified atom stereocenters. The van der Waals surface area contributed by atoms with E-state index in [1.807, 2.05) is 0 Å². The predicted molar refractivity (Wildman–Crippen MR) is 209 cm³/mol. The molecule has 0 aromatic rings. The van der Waals surface area contributed by atoms with Gasteiger partial charge in [-0.2, -0.15) is 0 Å². The molecule has 0 nitrogen and oxygen atoms in total. The van der Waals surface area contributed by atoms with E-state index >= 15 is 0 Å². The van der Waals surface area contributed by atoms with Crippen LogP contribution in [0.1, 0.15) is 206 Å². The maximum absolute atomic E-state index is 9.81. The molecule has 6 saturated carbocycles. The minimum Gasteiger partial charge on any atom is 0 e. The van der Waals surface area contributed by atoms with Gasteiger partial charge in [0.25, 0.3) is 0 Å². The molecule has 0 N–H and O–H groups in total. The summed E-state index contributed by atoms with van der Waals surface area (Å²) in [7, 11) is -1.55. The monoisotopic (exact) mass is 799 g/mol. The van der Waals surface area contributed by atoms with Gasteiger partial charge in [0.2, 0.25) is 0 Å². The third-order valence-electron chi connectivity index (χ3n) is 15.2. The molecule has 0 saturated heterocycles. The van der Waals surface area contributed by atoms with E-state index in [-0.39, 0.29) is 24.1 Å². The zero-order chi connectivity index (χ0) is 31.4. The molecule has 6 fully saturated rings. The molecule has 46 heavy (non-hydrogen) atoms. The summed E-state index contributed by atoms with van der Waals surface area (Å²) >= 11 is 18.6. The van der Waals surface area contributed by atoms with E-state index in [9.17, 15) is 11.2 Å². The van der Waals surface area contributed by atoms with Crippen LogP contribution in [0.2, 0.25) is 0 Å². The predicted octanol–water partition coefficient (Wildman–Crippen LogP) is 15.6. The van der Waals surface area contributed by atoms with Crippen molar-refractivity contribution in [2.75, 3.05) is 0 Å². The number of hydrogen-bond donors (Lipinski definition) is 0. The van der Waals surface area contributed by atoms with Crippen molar-refractivity contribution in [3.8, 4) is 0 Å². The van der Waals surface area contributed by atoms with Crippen molar-refractivity contribution in [3.05, 3.63) is 11.6 Å². The van der Waals surface area contributed by atoms with E-state index in [0.717, 1.165) is 17.0 Å². The Labute approximate surface area is 310 Å². The third-order valence-corrected chi connectivity index (χ3v) is 37.1. The quantitative estimate of drug-likeness (QED) is 0.0943. The van der Waals surface area contributed by atoms with Crippen LogP contribution >= 0.6 is 36.1 Å². The van der Waals surface area contributed by atoms with Gasteiger partial charge < -0.3 is 0 Å². The maximum atomic E-state index is 9.81. The third kappa shape index (κ3) is 6.86. The topological polar surface area (TPSA) is 0 Å². The molecule has 6 aliphatic rings. The second kappa shape index (κ2) is 17.1. The zero-order valence-corrected chi connectivity index (χ0v) is 35.3. The maximum Gasteiger partial charge on any atom is 0 e. The SMILES string of the molecule is CC(C)=CC([P+](C1CCCCC1)(C1CCCCC1)C1CCCCC1)P(Cl)(C1CCCCC1)(C1CCCCC1)C1(Cl)CCCCC1.[Ru]. The van der Waals surface area contributed by atoms with Crippen LogP contribution in [0.15, 0.2) is 11.6 Å². The van der Waals surface area contributed by atoms with E-state index in [1.54, 1.807) is 5.57 Å². The van der Waals surface area contributed by atoms with Gasteiger partial charge in [-0.25, -0.2) is 0 Å². The first kappa shape index (κ1) is 39.0. The van der Waals surface area contributed by atoms with Gasteiger partial charge in [-0.05, 0) is 0 Å².